The van der Waals surface area contributed by atoms with Crippen molar-refractivity contribution in [1.82, 2.24) is 19.6 Å². The fourth-order valence-electron chi connectivity index (χ4n) is 4.29. The van der Waals surface area contributed by atoms with Crippen LogP contribution >= 0.6 is 0 Å². The van der Waals surface area contributed by atoms with E-state index >= 15 is 0 Å². The molecule has 0 N–H and O–H groups in total. The van der Waals surface area contributed by atoms with Gasteiger partial charge in [0.2, 0.25) is 5.82 Å². The molecule has 1 radical (unpaired) electrons. The minimum absolute atomic E-state index is 0.245. The molecule has 0 spiro atoms. The standard InChI is InChI=1S/C26H25F3N5O/c1-18-15-21(25-30-24(31-35-25)19-7-9-22(10-8-19)26(27,28)29)17-34(18)16-20-5-3-4-6-23(20)33-13-11-32(2)12-14-33/h4-10,15,17H,11-14,16H2,1-2H3. The number of likely N-dealkylation sites (N-methyl/N-ethyl adjacent to an activating group) is 1. The van der Waals surface area contributed by atoms with Gasteiger partial charge in [-0.15, -0.1) is 0 Å². The van der Waals surface area contributed by atoms with E-state index < -0.39 is 11.7 Å². The van der Waals surface area contributed by atoms with Gasteiger partial charge in [-0.2, -0.15) is 18.2 Å². The van der Waals surface area contributed by atoms with E-state index in [1.807, 2.05) is 31.3 Å². The van der Waals surface area contributed by atoms with E-state index in [0.717, 1.165) is 49.6 Å². The largest absolute Gasteiger partial charge is 0.416 e. The summed E-state index contributed by atoms with van der Waals surface area (Å²) in [6.07, 6.45) is -2.43. The number of hydrogen-bond acceptors (Lipinski definition) is 5. The first kappa shape index (κ1) is 23.2. The number of alkyl halides is 3. The number of piperazine rings is 1. The van der Waals surface area contributed by atoms with Gasteiger partial charge in [0.25, 0.3) is 5.89 Å². The summed E-state index contributed by atoms with van der Waals surface area (Å²) in [5.74, 6) is 0.565. The maximum absolute atomic E-state index is 12.8. The highest BCUT2D eigenvalue weighted by Gasteiger charge is 2.30. The Bertz CT molecular complexity index is 1300. The van der Waals surface area contributed by atoms with Gasteiger partial charge in [-0.05, 0) is 55.9 Å². The molecular weight excluding hydrogens is 455 g/mol. The topological polar surface area (TPSA) is 50.3 Å². The van der Waals surface area contributed by atoms with Gasteiger partial charge in [-0.25, -0.2) is 0 Å². The van der Waals surface area contributed by atoms with Gasteiger partial charge in [-0.3, -0.25) is 0 Å². The van der Waals surface area contributed by atoms with E-state index in [-0.39, 0.29) is 5.82 Å². The number of hydrogen-bond donors (Lipinski definition) is 0. The van der Waals surface area contributed by atoms with E-state index in [9.17, 15) is 13.2 Å². The van der Waals surface area contributed by atoms with Crippen molar-refractivity contribution in [3.63, 3.8) is 0 Å². The summed E-state index contributed by atoms with van der Waals surface area (Å²) in [7, 11) is 2.14. The van der Waals surface area contributed by atoms with Crippen LogP contribution in [0.2, 0.25) is 0 Å². The molecule has 0 unspecified atom stereocenters. The van der Waals surface area contributed by atoms with Crippen molar-refractivity contribution < 1.29 is 17.7 Å². The lowest BCUT2D eigenvalue weighted by Crippen LogP contribution is -2.44. The normalized spacial score (nSPS) is 15.1. The Balaban J connectivity index is 1.36. The zero-order chi connectivity index (χ0) is 24.6. The van der Waals surface area contributed by atoms with Crippen molar-refractivity contribution in [2.24, 2.45) is 0 Å². The SMILES string of the molecule is Cc1cc(-c2nc(-c3ccc(C(F)(F)F)cc3)no2)cn1Cc1c[c]ccc1N1CCN(C)CC1. The van der Waals surface area contributed by atoms with E-state index in [2.05, 4.69) is 43.7 Å². The maximum atomic E-state index is 12.8. The second-order valence-corrected chi connectivity index (χ2v) is 8.84. The molecule has 1 fully saturated rings. The van der Waals surface area contributed by atoms with E-state index in [0.29, 0.717) is 18.0 Å². The summed E-state index contributed by atoms with van der Waals surface area (Å²) in [4.78, 5) is 9.15. The lowest BCUT2D eigenvalue weighted by Gasteiger charge is -2.35. The zero-order valence-electron chi connectivity index (χ0n) is 19.5. The smallest absolute Gasteiger partial charge is 0.369 e. The second-order valence-electron chi connectivity index (χ2n) is 8.84. The molecule has 4 aromatic rings. The van der Waals surface area contributed by atoms with E-state index in [4.69, 9.17) is 4.52 Å². The van der Waals surface area contributed by atoms with Crippen LogP contribution in [0.1, 0.15) is 16.8 Å². The summed E-state index contributed by atoms with van der Waals surface area (Å²) in [6, 6.07) is 16.0. The van der Waals surface area contributed by atoms with E-state index in [1.54, 1.807) is 0 Å². The first-order valence-electron chi connectivity index (χ1n) is 11.4. The van der Waals surface area contributed by atoms with Crippen LogP contribution < -0.4 is 4.90 Å². The molecule has 181 valence electrons. The number of aryl methyl sites for hydroxylation is 1. The second kappa shape index (κ2) is 9.22. The predicted molar refractivity (Wildman–Crippen MR) is 127 cm³/mol. The monoisotopic (exact) mass is 480 g/mol. The average molecular weight is 481 g/mol. The van der Waals surface area contributed by atoms with Crippen LogP contribution in [0, 0.1) is 13.0 Å². The lowest BCUT2D eigenvalue weighted by atomic mass is 10.1. The van der Waals surface area contributed by atoms with Crippen molar-refractivity contribution >= 4 is 5.69 Å². The molecule has 3 heterocycles. The quantitative estimate of drug-likeness (QED) is 0.396. The summed E-state index contributed by atoms with van der Waals surface area (Å²) < 4.78 is 46.1. The Morgan fingerprint density at radius 3 is 2.49 bits per heavy atom. The number of anilines is 1. The molecule has 0 amide bonds. The maximum Gasteiger partial charge on any atom is 0.416 e. The molecule has 5 rings (SSSR count). The number of nitrogens with zero attached hydrogens (tertiary/aromatic N) is 5. The molecule has 2 aromatic carbocycles. The van der Waals surface area contributed by atoms with Crippen LogP contribution in [0.5, 0.6) is 0 Å². The van der Waals surface area contributed by atoms with Crippen molar-refractivity contribution in [1.29, 1.82) is 0 Å². The first-order chi connectivity index (χ1) is 16.8. The minimum atomic E-state index is -4.39. The predicted octanol–water partition coefficient (Wildman–Crippen LogP) is 5.13. The van der Waals surface area contributed by atoms with Crippen LogP contribution in [0.25, 0.3) is 22.8 Å². The highest BCUT2D eigenvalue weighted by atomic mass is 19.4. The van der Waals surface area contributed by atoms with Gasteiger partial charge >= 0.3 is 6.18 Å². The van der Waals surface area contributed by atoms with Crippen molar-refractivity contribution in [3.05, 3.63) is 77.6 Å². The lowest BCUT2D eigenvalue weighted by molar-refractivity contribution is -0.137. The summed E-state index contributed by atoms with van der Waals surface area (Å²) in [5, 5.41) is 3.97. The number of aromatic nitrogens is 3. The summed E-state index contributed by atoms with van der Waals surface area (Å²) in [6.45, 7) is 6.71. The molecule has 0 saturated carbocycles. The van der Waals surface area contributed by atoms with Gasteiger partial charge in [0.15, 0.2) is 0 Å². The highest BCUT2D eigenvalue weighted by molar-refractivity contribution is 5.61. The molecule has 9 heteroatoms. The number of rotatable bonds is 5. The van der Waals surface area contributed by atoms with Crippen molar-refractivity contribution in [3.8, 4) is 22.8 Å². The Kier molecular flexibility index (Phi) is 6.10. The number of benzene rings is 2. The molecule has 1 aliphatic rings. The molecule has 6 nitrogen and oxygen atoms in total. The highest BCUT2D eigenvalue weighted by Crippen LogP contribution is 2.31. The molecule has 2 aromatic heterocycles. The first-order valence-corrected chi connectivity index (χ1v) is 11.4. The Morgan fingerprint density at radius 1 is 1.03 bits per heavy atom. The third-order valence-corrected chi connectivity index (χ3v) is 6.36. The summed E-state index contributed by atoms with van der Waals surface area (Å²) >= 11 is 0. The van der Waals surface area contributed by atoms with Crippen molar-refractivity contribution in [2.75, 3.05) is 38.1 Å². The van der Waals surface area contributed by atoms with Crippen LogP contribution in [-0.4, -0.2) is 52.8 Å². The molecule has 1 aliphatic heterocycles. The third kappa shape index (κ3) is 4.95. The Morgan fingerprint density at radius 2 is 1.77 bits per heavy atom. The zero-order valence-corrected chi connectivity index (χ0v) is 19.5. The van der Waals surface area contributed by atoms with Gasteiger partial charge in [0.05, 0.1) is 11.1 Å². The fraction of sp³-hybridized carbons (Fsp3) is 0.308. The molecule has 0 atom stereocenters. The molecule has 0 bridgehead atoms. The van der Waals surface area contributed by atoms with Crippen LogP contribution in [0.4, 0.5) is 18.9 Å². The molecule has 1 saturated heterocycles. The van der Waals surface area contributed by atoms with Crippen LogP contribution in [0.15, 0.2) is 59.3 Å². The van der Waals surface area contributed by atoms with Gasteiger partial charge in [0, 0.05) is 55.9 Å². The van der Waals surface area contributed by atoms with Crippen LogP contribution in [-0.2, 0) is 12.7 Å². The average Bonchev–Trinajstić information content (AvgIpc) is 3.47. The third-order valence-electron chi connectivity index (χ3n) is 6.36. The minimum Gasteiger partial charge on any atom is -0.369 e. The fourth-order valence-corrected chi connectivity index (χ4v) is 4.29. The van der Waals surface area contributed by atoms with Crippen molar-refractivity contribution in [2.45, 2.75) is 19.6 Å². The van der Waals surface area contributed by atoms with E-state index in [1.165, 1.54) is 23.4 Å². The van der Waals surface area contributed by atoms with Gasteiger partial charge in [0.1, 0.15) is 0 Å². The Labute approximate surface area is 201 Å². The van der Waals surface area contributed by atoms with Gasteiger partial charge in [-0.1, -0.05) is 23.4 Å². The molecule has 35 heavy (non-hydrogen) atoms. The summed E-state index contributed by atoms with van der Waals surface area (Å²) in [5.41, 5.74) is 3.93. The molecular formula is C26H25F3N5O. The molecule has 0 aliphatic carbocycles. The van der Waals surface area contributed by atoms with Crippen LogP contribution in [0.3, 0.4) is 0 Å². The van der Waals surface area contributed by atoms with Gasteiger partial charge < -0.3 is 18.9 Å². The Hall–Kier alpha value is -3.59. The number of halogens is 3.